The number of carbonyl (C=O) groups excluding carboxylic acids is 1. The first-order valence-electron chi connectivity index (χ1n) is 7.21. The monoisotopic (exact) mass is 281 g/mol. The minimum Gasteiger partial charge on any atom is -0.399 e. The zero-order valence-electron chi connectivity index (χ0n) is 12.1. The Morgan fingerprint density at radius 3 is 3.10 bits per heavy atom. The molecule has 3 rings (SSSR count). The van der Waals surface area contributed by atoms with Gasteiger partial charge in [0.2, 0.25) is 5.91 Å². The Morgan fingerprint density at radius 1 is 1.43 bits per heavy atom. The summed E-state index contributed by atoms with van der Waals surface area (Å²) in [5, 5.41) is 3.11. The molecule has 0 spiro atoms. The molecule has 1 unspecified atom stereocenters. The number of benzene rings is 1. The predicted octanol–water partition coefficient (Wildman–Crippen LogP) is 2.32. The number of hydrogen-bond acceptors (Lipinski definition) is 3. The fourth-order valence-corrected chi connectivity index (χ4v) is 2.89. The van der Waals surface area contributed by atoms with E-state index in [0.717, 1.165) is 29.8 Å². The number of nitrogens with one attached hydrogen (secondary N) is 1. The number of nitrogen functional groups attached to an aromatic ring is 1. The molecule has 0 radical (unpaired) electrons. The summed E-state index contributed by atoms with van der Waals surface area (Å²) in [7, 11) is 0. The van der Waals surface area contributed by atoms with Gasteiger partial charge in [0.1, 0.15) is 0 Å². The van der Waals surface area contributed by atoms with Gasteiger partial charge in [-0.1, -0.05) is 12.1 Å². The molecule has 1 atom stereocenters. The van der Waals surface area contributed by atoms with Crippen molar-refractivity contribution in [2.75, 3.05) is 5.73 Å². The highest BCUT2D eigenvalue weighted by atomic mass is 16.1. The van der Waals surface area contributed by atoms with Crippen molar-refractivity contribution in [1.82, 2.24) is 10.3 Å². The van der Waals surface area contributed by atoms with E-state index in [0.29, 0.717) is 6.42 Å². The van der Waals surface area contributed by atoms with E-state index < -0.39 is 0 Å². The van der Waals surface area contributed by atoms with Crippen LogP contribution in [0.5, 0.6) is 0 Å². The van der Waals surface area contributed by atoms with Crippen molar-refractivity contribution in [2.24, 2.45) is 0 Å². The summed E-state index contributed by atoms with van der Waals surface area (Å²) in [4.78, 5) is 16.5. The highest BCUT2D eigenvalue weighted by Crippen LogP contribution is 2.32. The lowest BCUT2D eigenvalue weighted by molar-refractivity contribution is -0.121. The quantitative estimate of drug-likeness (QED) is 0.848. The minimum absolute atomic E-state index is 0.0199. The van der Waals surface area contributed by atoms with Crippen molar-refractivity contribution in [3.8, 4) is 0 Å². The summed E-state index contributed by atoms with van der Waals surface area (Å²) < 4.78 is 0. The number of nitrogens with two attached hydrogens (primary N) is 1. The predicted molar refractivity (Wildman–Crippen MR) is 82.7 cm³/mol. The minimum atomic E-state index is 0.0199. The van der Waals surface area contributed by atoms with Crippen LogP contribution in [-0.2, 0) is 17.6 Å². The first kappa shape index (κ1) is 13.6. The molecule has 1 aliphatic carbocycles. The number of hydrogen-bond donors (Lipinski definition) is 2. The molecule has 1 aromatic carbocycles. The summed E-state index contributed by atoms with van der Waals surface area (Å²) in [6.45, 7) is 1.98. The number of carbonyl (C=O) groups is 1. The van der Waals surface area contributed by atoms with Crippen molar-refractivity contribution in [3.05, 3.63) is 58.9 Å². The van der Waals surface area contributed by atoms with E-state index >= 15 is 0 Å². The summed E-state index contributed by atoms with van der Waals surface area (Å²) in [5.41, 5.74) is 10.9. The second kappa shape index (κ2) is 5.56. The summed E-state index contributed by atoms with van der Waals surface area (Å²) in [6.07, 6.45) is 3.95. The van der Waals surface area contributed by atoms with Gasteiger partial charge in [-0.25, -0.2) is 0 Å². The maximum absolute atomic E-state index is 12.2. The van der Waals surface area contributed by atoms with Crippen molar-refractivity contribution >= 4 is 11.6 Å². The van der Waals surface area contributed by atoms with E-state index in [2.05, 4.69) is 10.3 Å². The highest BCUT2D eigenvalue weighted by Gasteiger charge is 2.24. The number of amides is 1. The van der Waals surface area contributed by atoms with Gasteiger partial charge >= 0.3 is 0 Å². The topological polar surface area (TPSA) is 68.0 Å². The summed E-state index contributed by atoms with van der Waals surface area (Å²) >= 11 is 0. The van der Waals surface area contributed by atoms with Gasteiger partial charge in [-0.15, -0.1) is 0 Å². The Bertz CT molecular complexity index is 681. The van der Waals surface area contributed by atoms with E-state index in [1.807, 2.05) is 37.3 Å². The maximum Gasteiger partial charge on any atom is 0.226 e. The number of rotatable bonds is 3. The molecular weight excluding hydrogens is 262 g/mol. The molecule has 0 saturated heterocycles. The third-order valence-corrected chi connectivity index (χ3v) is 4.03. The van der Waals surface area contributed by atoms with Crippen LogP contribution < -0.4 is 11.1 Å². The van der Waals surface area contributed by atoms with Crippen LogP contribution in [0.4, 0.5) is 5.69 Å². The largest absolute Gasteiger partial charge is 0.399 e. The first-order chi connectivity index (χ1) is 10.1. The number of fused-ring (bicyclic) bond motifs is 1. The van der Waals surface area contributed by atoms with Crippen LogP contribution >= 0.6 is 0 Å². The van der Waals surface area contributed by atoms with Gasteiger partial charge in [0, 0.05) is 11.9 Å². The number of pyridine rings is 1. The van der Waals surface area contributed by atoms with E-state index in [1.54, 1.807) is 6.20 Å². The Balaban J connectivity index is 1.69. The molecule has 1 heterocycles. The van der Waals surface area contributed by atoms with Crippen molar-refractivity contribution < 1.29 is 4.79 Å². The lowest BCUT2D eigenvalue weighted by Crippen LogP contribution is -2.29. The lowest BCUT2D eigenvalue weighted by atomic mass is 10.1. The van der Waals surface area contributed by atoms with Gasteiger partial charge in [-0.2, -0.15) is 0 Å². The molecule has 1 aromatic heterocycles. The van der Waals surface area contributed by atoms with Gasteiger partial charge in [-0.3, -0.25) is 9.78 Å². The average molecular weight is 281 g/mol. The van der Waals surface area contributed by atoms with Crippen LogP contribution in [0.2, 0.25) is 0 Å². The lowest BCUT2D eigenvalue weighted by Gasteiger charge is -2.14. The number of aromatic nitrogens is 1. The van der Waals surface area contributed by atoms with E-state index in [-0.39, 0.29) is 11.9 Å². The van der Waals surface area contributed by atoms with Crippen LogP contribution in [-0.4, -0.2) is 10.9 Å². The average Bonchev–Trinajstić information content (AvgIpc) is 2.83. The molecule has 0 bridgehead atoms. The third-order valence-electron chi connectivity index (χ3n) is 4.03. The van der Waals surface area contributed by atoms with E-state index in [4.69, 9.17) is 5.73 Å². The molecule has 1 aliphatic rings. The fraction of sp³-hybridized carbons (Fsp3) is 0.294. The molecule has 4 nitrogen and oxygen atoms in total. The molecule has 21 heavy (non-hydrogen) atoms. The summed E-state index contributed by atoms with van der Waals surface area (Å²) in [6, 6.07) is 9.88. The van der Waals surface area contributed by atoms with Crippen molar-refractivity contribution in [2.45, 2.75) is 32.2 Å². The van der Waals surface area contributed by atoms with Crippen LogP contribution in [0.15, 0.2) is 36.5 Å². The molecule has 3 N–H and O–H groups in total. The van der Waals surface area contributed by atoms with Gasteiger partial charge < -0.3 is 11.1 Å². The smallest absolute Gasteiger partial charge is 0.226 e. The van der Waals surface area contributed by atoms with Crippen LogP contribution in [0.25, 0.3) is 0 Å². The Labute approximate surface area is 124 Å². The zero-order valence-corrected chi connectivity index (χ0v) is 12.1. The normalized spacial score (nSPS) is 16.5. The Morgan fingerprint density at radius 2 is 2.29 bits per heavy atom. The molecule has 0 aliphatic heterocycles. The second-order valence-corrected chi connectivity index (χ2v) is 5.56. The van der Waals surface area contributed by atoms with Gasteiger partial charge in [0.05, 0.1) is 18.2 Å². The highest BCUT2D eigenvalue weighted by molar-refractivity contribution is 5.79. The maximum atomic E-state index is 12.2. The van der Waals surface area contributed by atoms with E-state index in [1.165, 1.54) is 11.1 Å². The molecule has 2 aromatic rings. The van der Waals surface area contributed by atoms with Crippen LogP contribution in [0, 0.1) is 6.92 Å². The molecule has 4 heteroatoms. The molecule has 0 saturated carbocycles. The summed E-state index contributed by atoms with van der Waals surface area (Å²) in [5.74, 6) is 0.0199. The molecule has 1 amide bonds. The van der Waals surface area contributed by atoms with Gasteiger partial charge in [-0.05, 0) is 54.7 Å². The van der Waals surface area contributed by atoms with Crippen molar-refractivity contribution in [1.29, 1.82) is 0 Å². The molecular formula is C17H19N3O. The zero-order chi connectivity index (χ0) is 14.8. The van der Waals surface area contributed by atoms with Crippen LogP contribution in [0.1, 0.15) is 34.8 Å². The van der Waals surface area contributed by atoms with Gasteiger partial charge in [0.15, 0.2) is 0 Å². The molecule has 108 valence electrons. The van der Waals surface area contributed by atoms with E-state index in [9.17, 15) is 4.79 Å². The third kappa shape index (κ3) is 2.89. The Hall–Kier alpha value is -2.36. The number of anilines is 1. The standard InChI is InChI=1S/C17H19N3O/c1-11-3-2-8-19-16(11)10-17(21)20-15-7-4-12-9-13(18)5-6-14(12)15/h2-3,5-6,8-9,15H,4,7,10,18H2,1H3,(H,20,21). The molecule has 0 fully saturated rings. The SMILES string of the molecule is Cc1cccnc1CC(=O)NC1CCc2cc(N)ccc21. The van der Waals surface area contributed by atoms with Gasteiger partial charge in [0.25, 0.3) is 0 Å². The second-order valence-electron chi connectivity index (χ2n) is 5.56. The van der Waals surface area contributed by atoms with Crippen LogP contribution in [0.3, 0.4) is 0 Å². The van der Waals surface area contributed by atoms with Crippen molar-refractivity contribution in [3.63, 3.8) is 0 Å². The Kier molecular flexibility index (Phi) is 3.60. The fourth-order valence-electron chi connectivity index (χ4n) is 2.89. The number of aryl methyl sites for hydroxylation is 2. The first-order valence-corrected chi connectivity index (χ1v) is 7.21. The number of nitrogens with zero attached hydrogens (tertiary/aromatic N) is 1.